The number of carbonyl (C=O) groups is 1. The molecule has 0 aliphatic rings. The van der Waals surface area contributed by atoms with Crippen LogP contribution >= 0.6 is 11.6 Å². The molecule has 0 saturated heterocycles. The molecule has 0 aliphatic carbocycles. The molecular weight excluding hydrogens is 338 g/mol. The lowest BCUT2D eigenvalue weighted by molar-refractivity contribution is 0.0954. The van der Waals surface area contributed by atoms with Crippen LogP contribution in [0.2, 0.25) is 5.02 Å². The number of hydrogen-bond acceptors (Lipinski definition) is 3. The lowest BCUT2D eigenvalue weighted by Gasteiger charge is -2.12. The van der Waals surface area contributed by atoms with Gasteiger partial charge in [0, 0.05) is 44.1 Å². The van der Waals surface area contributed by atoms with Crippen molar-refractivity contribution in [2.45, 2.75) is 6.42 Å². The number of hydrogen-bond donors (Lipinski definition) is 3. The molecule has 0 aliphatic heterocycles. The molecule has 1 amide bonds. The second kappa shape index (κ2) is 10.3. The van der Waals surface area contributed by atoms with E-state index in [0.29, 0.717) is 24.6 Å². The number of nitrogens with one attached hydrogen (secondary N) is 3. The molecule has 0 bridgehead atoms. The summed E-state index contributed by atoms with van der Waals surface area (Å²) in [4.78, 5) is 20.0. The SMILES string of the molecule is CN=C(NCCNC(=O)c1cccnc1)NCCc1cccc(Cl)c1. The zero-order valence-electron chi connectivity index (χ0n) is 14.1. The van der Waals surface area contributed by atoms with E-state index in [1.807, 2.05) is 24.3 Å². The van der Waals surface area contributed by atoms with E-state index in [-0.39, 0.29) is 5.91 Å². The Balaban J connectivity index is 1.64. The summed E-state index contributed by atoms with van der Waals surface area (Å²) >= 11 is 5.97. The van der Waals surface area contributed by atoms with Crippen molar-refractivity contribution in [3.63, 3.8) is 0 Å². The number of guanidine groups is 1. The Bertz CT molecular complexity index is 706. The van der Waals surface area contributed by atoms with Gasteiger partial charge in [-0.15, -0.1) is 0 Å². The normalized spacial score (nSPS) is 11.0. The highest BCUT2D eigenvalue weighted by Crippen LogP contribution is 2.10. The Labute approximate surface area is 152 Å². The van der Waals surface area contributed by atoms with Crippen LogP contribution in [0.5, 0.6) is 0 Å². The minimum Gasteiger partial charge on any atom is -0.356 e. The zero-order chi connectivity index (χ0) is 17.9. The van der Waals surface area contributed by atoms with Gasteiger partial charge in [-0.2, -0.15) is 0 Å². The third-order valence-electron chi connectivity index (χ3n) is 3.45. The van der Waals surface area contributed by atoms with Gasteiger partial charge in [-0.3, -0.25) is 14.8 Å². The summed E-state index contributed by atoms with van der Waals surface area (Å²) in [5.41, 5.74) is 1.71. The van der Waals surface area contributed by atoms with E-state index in [4.69, 9.17) is 11.6 Å². The lowest BCUT2D eigenvalue weighted by atomic mass is 10.1. The minimum atomic E-state index is -0.140. The van der Waals surface area contributed by atoms with Gasteiger partial charge in [-0.25, -0.2) is 0 Å². The van der Waals surface area contributed by atoms with Gasteiger partial charge in [-0.1, -0.05) is 23.7 Å². The van der Waals surface area contributed by atoms with E-state index >= 15 is 0 Å². The van der Waals surface area contributed by atoms with E-state index in [2.05, 4.69) is 25.9 Å². The molecule has 0 saturated carbocycles. The van der Waals surface area contributed by atoms with Gasteiger partial charge in [-0.05, 0) is 36.2 Å². The minimum absolute atomic E-state index is 0.140. The maximum atomic E-state index is 11.9. The van der Waals surface area contributed by atoms with Crippen molar-refractivity contribution in [1.29, 1.82) is 0 Å². The summed E-state index contributed by atoms with van der Waals surface area (Å²) in [6, 6.07) is 11.3. The second-order valence-corrected chi connectivity index (χ2v) is 5.74. The van der Waals surface area contributed by atoms with E-state index in [1.165, 1.54) is 5.56 Å². The fourth-order valence-electron chi connectivity index (χ4n) is 2.19. The molecule has 1 aromatic carbocycles. The van der Waals surface area contributed by atoms with Crippen LogP contribution in [0.1, 0.15) is 15.9 Å². The Hall–Kier alpha value is -2.60. The smallest absolute Gasteiger partial charge is 0.252 e. The Morgan fingerprint density at radius 3 is 2.64 bits per heavy atom. The number of pyridine rings is 1. The maximum absolute atomic E-state index is 11.9. The predicted molar refractivity (Wildman–Crippen MR) is 101 cm³/mol. The molecule has 1 heterocycles. The van der Waals surface area contributed by atoms with Gasteiger partial charge >= 0.3 is 0 Å². The number of aliphatic imine (C=N–C) groups is 1. The quantitative estimate of drug-likeness (QED) is 0.400. The molecule has 0 spiro atoms. The predicted octanol–water partition coefficient (Wildman–Crippen LogP) is 1.87. The zero-order valence-corrected chi connectivity index (χ0v) is 14.9. The molecule has 6 nitrogen and oxygen atoms in total. The molecule has 0 atom stereocenters. The van der Waals surface area contributed by atoms with Crippen LogP contribution in [0.3, 0.4) is 0 Å². The van der Waals surface area contributed by atoms with Crippen LogP contribution in [0, 0.1) is 0 Å². The van der Waals surface area contributed by atoms with Crippen molar-refractivity contribution < 1.29 is 4.79 Å². The summed E-state index contributed by atoms with van der Waals surface area (Å²) in [5, 5.41) is 9.95. The fourth-order valence-corrected chi connectivity index (χ4v) is 2.41. The van der Waals surface area contributed by atoms with Gasteiger partial charge in [0.15, 0.2) is 5.96 Å². The first-order valence-electron chi connectivity index (χ1n) is 8.06. The Morgan fingerprint density at radius 1 is 1.12 bits per heavy atom. The lowest BCUT2D eigenvalue weighted by Crippen LogP contribution is -2.42. The molecule has 0 unspecified atom stereocenters. The first-order valence-corrected chi connectivity index (χ1v) is 8.44. The third-order valence-corrected chi connectivity index (χ3v) is 3.68. The number of carbonyl (C=O) groups excluding carboxylic acids is 1. The van der Waals surface area contributed by atoms with Crippen molar-refractivity contribution in [3.8, 4) is 0 Å². The summed E-state index contributed by atoms with van der Waals surface area (Å²) in [6.07, 6.45) is 4.02. The van der Waals surface area contributed by atoms with Crippen LogP contribution in [0.15, 0.2) is 53.8 Å². The molecule has 0 radical (unpaired) electrons. The summed E-state index contributed by atoms with van der Waals surface area (Å²) in [7, 11) is 1.71. The van der Waals surface area contributed by atoms with Gasteiger partial charge in [0.1, 0.15) is 0 Å². The van der Waals surface area contributed by atoms with Crippen molar-refractivity contribution in [3.05, 3.63) is 64.9 Å². The van der Waals surface area contributed by atoms with Crippen LogP contribution in [0.4, 0.5) is 0 Å². The average molecular weight is 360 g/mol. The highest BCUT2D eigenvalue weighted by Gasteiger charge is 2.04. The molecule has 1 aromatic heterocycles. The number of amides is 1. The van der Waals surface area contributed by atoms with E-state index < -0.39 is 0 Å². The Morgan fingerprint density at radius 2 is 1.92 bits per heavy atom. The summed E-state index contributed by atoms with van der Waals surface area (Å²) in [6.45, 7) is 1.80. The molecular formula is C18H22ClN5O. The fraction of sp³-hybridized carbons (Fsp3) is 0.278. The van der Waals surface area contributed by atoms with Crippen molar-refractivity contribution in [2.75, 3.05) is 26.7 Å². The number of benzene rings is 1. The standard InChI is InChI=1S/C18H22ClN5O/c1-20-18(23-9-7-14-4-2-6-16(19)12-14)24-11-10-22-17(25)15-5-3-8-21-13-15/h2-6,8,12-13H,7,9-11H2,1H3,(H,22,25)(H2,20,23,24). The van der Waals surface area contributed by atoms with E-state index in [0.717, 1.165) is 18.0 Å². The maximum Gasteiger partial charge on any atom is 0.252 e. The molecule has 132 valence electrons. The van der Waals surface area contributed by atoms with Crippen LogP contribution < -0.4 is 16.0 Å². The topological polar surface area (TPSA) is 78.4 Å². The molecule has 3 N–H and O–H groups in total. The first kappa shape index (κ1) is 18.7. The highest BCUT2D eigenvalue weighted by molar-refractivity contribution is 6.30. The summed E-state index contributed by atoms with van der Waals surface area (Å²) < 4.78 is 0. The van der Waals surface area contributed by atoms with E-state index in [9.17, 15) is 4.79 Å². The Kier molecular flexibility index (Phi) is 7.72. The van der Waals surface area contributed by atoms with Crippen molar-refractivity contribution in [2.24, 2.45) is 4.99 Å². The van der Waals surface area contributed by atoms with E-state index in [1.54, 1.807) is 31.6 Å². The van der Waals surface area contributed by atoms with Crippen molar-refractivity contribution >= 4 is 23.5 Å². The molecule has 7 heteroatoms. The second-order valence-electron chi connectivity index (χ2n) is 5.30. The van der Waals surface area contributed by atoms with Crippen LogP contribution in [0.25, 0.3) is 0 Å². The third kappa shape index (κ3) is 6.81. The van der Waals surface area contributed by atoms with Crippen molar-refractivity contribution in [1.82, 2.24) is 20.9 Å². The van der Waals surface area contributed by atoms with Gasteiger partial charge < -0.3 is 16.0 Å². The van der Waals surface area contributed by atoms with Crippen LogP contribution in [-0.4, -0.2) is 43.5 Å². The summed E-state index contributed by atoms with van der Waals surface area (Å²) in [5.74, 6) is 0.552. The highest BCUT2D eigenvalue weighted by atomic mass is 35.5. The van der Waals surface area contributed by atoms with Gasteiger partial charge in [0.2, 0.25) is 0 Å². The number of nitrogens with zero attached hydrogens (tertiary/aromatic N) is 2. The van der Waals surface area contributed by atoms with Gasteiger partial charge in [0.05, 0.1) is 5.56 Å². The molecule has 2 rings (SSSR count). The first-order chi connectivity index (χ1) is 12.2. The molecule has 25 heavy (non-hydrogen) atoms. The average Bonchev–Trinajstić information content (AvgIpc) is 2.64. The monoisotopic (exact) mass is 359 g/mol. The van der Waals surface area contributed by atoms with Crippen LogP contribution in [-0.2, 0) is 6.42 Å². The number of halogens is 1. The number of aromatic nitrogens is 1. The number of rotatable bonds is 7. The largest absolute Gasteiger partial charge is 0.356 e. The molecule has 2 aromatic rings. The molecule has 0 fully saturated rings. The van der Waals surface area contributed by atoms with Gasteiger partial charge in [0.25, 0.3) is 5.91 Å².